The van der Waals surface area contributed by atoms with E-state index in [9.17, 15) is 9.90 Å². The molecule has 1 heterocycles. The number of benzene rings is 2. The van der Waals surface area contributed by atoms with Crippen LogP contribution in [0.25, 0.3) is 0 Å². The highest BCUT2D eigenvalue weighted by molar-refractivity contribution is 5.30. The fourth-order valence-electron chi connectivity index (χ4n) is 2.79. The minimum absolute atomic E-state index is 0.242. The van der Waals surface area contributed by atoms with Gasteiger partial charge in [0.05, 0.1) is 11.9 Å². The summed E-state index contributed by atoms with van der Waals surface area (Å²) in [5, 5.41) is 10.7. The normalized spacial score (nSPS) is 11.9. The molecule has 0 fully saturated rings. The van der Waals surface area contributed by atoms with E-state index in [1.807, 2.05) is 60.7 Å². The monoisotopic (exact) mass is 350 g/mol. The van der Waals surface area contributed by atoms with E-state index in [4.69, 9.17) is 10.5 Å². The average molecular weight is 350 g/mol. The van der Waals surface area contributed by atoms with Gasteiger partial charge in [0, 0.05) is 19.2 Å². The van der Waals surface area contributed by atoms with Crippen molar-refractivity contribution in [2.75, 3.05) is 6.54 Å². The second-order valence-corrected chi connectivity index (χ2v) is 6.00. The first kappa shape index (κ1) is 17.9. The summed E-state index contributed by atoms with van der Waals surface area (Å²) in [6.45, 7) is 1.16. The quantitative estimate of drug-likeness (QED) is 0.686. The van der Waals surface area contributed by atoms with Gasteiger partial charge in [-0.2, -0.15) is 0 Å². The number of ether oxygens (including phenoxy) is 1. The van der Waals surface area contributed by atoms with Gasteiger partial charge in [-0.1, -0.05) is 60.7 Å². The molecule has 3 N–H and O–H groups in total. The molecule has 0 aliphatic heterocycles. The topological polar surface area (TPSA) is 77.5 Å². The molecule has 0 saturated carbocycles. The number of hydrogen-bond acceptors (Lipinski definition) is 4. The zero-order chi connectivity index (χ0) is 18.4. The third-order valence-electron chi connectivity index (χ3n) is 4.13. The van der Waals surface area contributed by atoms with Gasteiger partial charge in [-0.15, -0.1) is 0 Å². The molecule has 0 bridgehead atoms. The van der Waals surface area contributed by atoms with Crippen molar-refractivity contribution < 1.29 is 9.84 Å². The summed E-state index contributed by atoms with van der Waals surface area (Å²) in [6, 6.07) is 20.3. The zero-order valence-corrected chi connectivity index (χ0v) is 14.4. The van der Waals surface area contributed by atoms with E-state index in [2.05, 4.69) is 0 Å². The van der Waals surface area contributed by atoms with Crippen LogP contribution in [0.4, 0.5) is 0 Å². The number of nitrogens with two attached hydrogens (primary N) is 1. The third kappa shape index (κ3) is 4.20. The summed E-state index contributed by atoms with van der Waals surface area (Å²) >= 11 is 0. The number of nitrogens with zero attached hydrogens (tertiary/aromatic N) is 1. The number of aliphatic hydroxyl groups is 1. The van der Waals surface area contributed by atoms with Crippen LogP contribution >= 0.6 is 0 Å². The molecule has 5 heteroatoms. The minimum atomic E-state index is -0.904. The Morgan fingerprint density at radius 3 is 2.35 bits per heavy atom. The molecule has 1 atom stereocenters. The van der Waals surface area contributed by atoms with Crippen molar-refractivity contribution in [1.29, 1.82) is 0 Å². The van der Waals surface area contributed by atoms with Crippen molar-refractivity contribution in [3.63, 3.8) is 0 Å². The van der Waals surface area contributed by atoms with Crippen molar-refractivity contribution in [2.24, 2.45) is 5.73 Å². The SMILES string of the molecule is NCCn1cc(OCc2ccccc2)c(=O)cc1C(O)c1ccccc1. The van der Waals surface area contributed by atoms with Gasteiger partial charge in [0.15, 0.2) is 5.75 Å². The van der Waals surface area contributed by atoms with Gasteiger partial charge in [0.2, 0.25) is 5.43 Å². The molecule has 2 aromatic carbocycles. The first-order valence-electron chi connectivity index (χ1n) is 8.53. The van der Waals surface area contributed by atoms with Gasteiger partial charge >= 0.3 is 0 Å². The van der Waals surface area contributed by atoms with Crippen LogP contribution in [0.1, 0.15) is 22.9 Å². The average Bonchev–Trinajstić information content (AvgIpc) is 2.69. The maximum Gasteiger partial charge on any atom is 0.223 e. The lowest BCUT2D eigenvalue weighted by molar-refractivity contribution is 0.207. The smallest absolute Gasteiger partial charge is 0.223 e. The van der Waals surface area contributed by atoms with Gasteiger partial charge in [-0.05, 0) is 11.1 Å². The van der Waals surface area contributed by atoms with Gasteiger partial charge in [-0.25, -0.2) is 0 Å². The summed E-state index contributed by atoms with van der Waals surface area (Å²) in [5.74, 6) is 0.242. The van der Waals surface area contributed by atoms with Crippen LogP contribution in [-0.2, 0) is 13.2 Å². The molecule has 0 aliphatic rings. The highest BCUT2D eigenvalue weighted by Gasteiger charge is 2.16. The molecule has 3 aromatic rings. The maximum atomic E-state index is 12.5. The Labute approximate surface area is 152 Å². The molecule has 0 amide bonds. The van der Waals surface area contributed by atoms with Crippen molar-refractivity contribution in [2.45, 2.75) is 19.3 Å². The molecule has 26 heavy (non-hydrogen) atoms. The van der Waals surface area contributed by atoms with E-state index in [1.165, 1.54) is 6.07 Å². The number of aromatic nitrogens is 1. The van der Waals surface area contributed by atoms with E-state index in [1.54, 1.807) is 10.8 Å². The summed E-state index contributed by atoms with van der Waals surface area (Å²) < 4.78 is 7.47. The van der Waals surface area contributed by atoms with Crippen LogP contribution in [0.3, 0.4) is 0 Å². The lowest BCUT2D eigenvalue weighted by Gasteiger charge is -2.19. The molecule has 0 radical (unpaired) electrons. The molecule has 5 nitrogen and oxygen atoms in total. The zero-order valence-electron chi connectivity index (χ0n) is 14.4. The standard InChI is InChI=1S/C21H22N2O3/c22-11-12-23-14-20(26-15-16-7-3-1-4-8-16)19(24)13-18(23)21(25)17-9-5-2-6-10-17/h1-10,13-14,21,25H,11-12,15,22H2. The van der Waals surface area contributed by atoms with E-state index in [0.717, 1.165) is 11.1 Å². The van der Waals surface area contributed by atoms with Crippen LogP contribution in [-0.4, -0.2) is 16.2 Å². The molecular weight excluding hydrogens is 328 g/mol. The van der Waals surface area contributed by atoms with Gasteiger partial charge < -0.3 is 20.1 Å². The van der Waals surface area contributed by atoms with E-state index in [-0.39, 0.29) is 11.2 Å². The Morgan fingerprint density at radius 1 is 1.04 bits per heavy atom. The van der Waals surface area contributed by atoms with Crippen molar-refractivity contribution in [3.05, 3.63) is 100.0 Å². The van der Waals surface area contributed by atoms with Crippen molar-refractivity contribution >= 4 is 0 Å². The fourth-order valence-corrected chi connectivity index (χ4v) is 2.79. The van der Waals surface area contributed by atoms with Crippen molar-refractivity contribution in [1.82, 2.24) is 4.57 Å². The largest absolute Gasteiger partial charge is 0.483 e. The molecule has 134 valence electrons. The van der Waals surface area contributed by atoms with E-state index >= 15 is 0 Å². The third-order valence-corrected chi connectivity index (χ3v) is 4.13. The Morgan fingerprint density at radius 2 is 1.69 bits per heavy atom. The van der Waals surface area contributed by atoms with Gasteiger partial charge in [-0.3, -0.25) is 4.79 Å². The second kappa shape index (κ2) is 8.47. The second-order valence-electron chi connectivity index (χ2n) is 6.00. The van der Waals surface area contributed by atoms with E-state index in [0.29, 0.717) is 25.4 Å². The van der Waals surface area contributed by atoms with Crippen LogP contribution in [0.5, 0.6) is 5.75 Å². The Bertz CT molecular complexity index is 892. The van der Waals surface area contributed by atoms with Crippen LogP contribution in [0.15, 0.2) is 77.7 Å². The highest BCUT2D eigenvalue weighted by atomic mass is 16.5. The number of aliphatic hydroxyl groups excluding tert-OH is 1. The first-order chi connectivity index (χ1) is 12.7. The summed E-state index contributed by atoms with van der Waals surface area (Å²) in [4.78, 5) is 12.5. The highest BCUT2D eigenvalue weighted by Crippen LogP contribution is 2.22. The fraction of sp³-hybridized carbons (Fsp3) is 0.190. The minimum Gasteiger partial charge on any atom is -0.483 e. The number of rotatable bonds is 7. The van der Waals surface area contributed by atoms with Gasteiger partial charge in [0.1, 0.15) is 12.7 Å². The maximum absolute atomic E-state index is 12.5. The van der Waals surface area contributed by atoms with E-state index < -0.39 is 6.10 Å². The van der Waals surface area contributed by atoms with Crippen molar-refractivity contribution in [3.8, 4) is 5.75 Å². The van der Waals surface area contributed by atoms with Gasteiger partial charge in [0.25, 0.3) is 0 Å². The molecule has 1 aromatic heterocycles. The Kier molecular flexibility index (Phi) is 5.84. The molecule has 0 aliphatic carbocycles. The molecule has 0 spiro atoms. The van der Waals surface area contributed by atoms with Crippen LogP contribution in [0, 0.1) is 0 Å². The Balaban J connectivity index is 1.89. The summed E-state index contributed by atoms with van der Waals surface area (Å²) in [5.41, 5.74) is 7.63. The lowest BCUT2D eigenvalue weighted by Crippen LogP contribution is -2.21. The summed E-state index contributed by atoms with van der Waals surface area (Å²) in [7, 11) is 0. The predicted molar refractivity (Wildman–Crippen MR) is 101 cm³/mol. The predicted octanol–water partition coefficient (Wildman–Crippen LogP) is 2.47. The first-order valence-corrected chi connectivity index (χ1v) is 8.53. The Hall–Kier alpha value is -2.89. The lowest BCUT2D eigenvalue weighted by atomic mass is 10.1. The van der Waals surface area contributed by atoms with Crippen LogP contribution in [0.2, 0.25) is 0 Å². The molecule has 3 rings (SSSR count). The number of pyridine rings is 1. The molecular formula is C21H22N2O3. The molecule has 1 unspecified atom stereocenters. The molecule has 0 saturated heterocycles. The van der Waals surface area contributed by atoms with Crippen LogP contribution < -0.4 is 15.9 Å². The summed E-state index contributed by atoms with van der Waals surface area (Å²) in [6.07, 6.45) is 0.721. The number of hydrogen-bond donors (Lipinski definition) is 2.